The van der Waals surface area contributed by atoms with Gasteiger partial charge in [0.1, 0.15) is 0 Å². The van der Waals surface area contributed by atoms with Crippen LogP contribution >= 0.6 is 0 Å². The van der Waals surface area contributed by atoms with Gasteiger partial charge in [-0.1, -0.05) is 103 Å². The van der Waals surface area contributed by atoms with Crippen molar-refractivity contribution in [1.82, 2.24) is 15.5 Å². The van der Waals surface area contributed by atoms with Crippen LogP contribution in [0.4, 0.5) is 0 Å². The van der Waals surface area contributed by atoms with Crippen LogP contribution in [0.5, 0.6) is 0 Å². The maximum absolute atomic E-state index is 9.89. The van der Waals surface area contributed by atoms with E-state index in [0.29, 0.717) is 12.1 Å². The summed E-state index contributed by atoms with van der Waals surface area (Å²) >= 11 is 0. The third-order valence-corrected chi connectivity index (χ3v) is 12.7. The topological polar surface area (TPSA) is 67.8 Å². The van der Waals surface area contributed by atoms with Crippen LogP contribution < -0.4 is 10.6 Å². The van der Waals surface area contributed by atoms with Crippen molar-refractivity contribution in [3.05, 3.63) is 0 Å². The highest BCUT2D eigenvalue weighted by Crippen LogP contribution is 2.39. The van der Waals surface area contributed by atoms with Crippen LogP contribution in [0.15, 0.2) is 0 Å². The molecule has 0 aromatic carbocycles. The quantitative estimate of drug-likeness (QED) is 0.0899. The average molecular weight is 632 g/mol. The van der Waals surface area contributed by atoms with Crippen molar-refractivity contribution in [2.45, 2.75) is 230 Å². The van der Waals surface area contributed by atoms with Gasteiger partial charge in [0.25, 0.3) is 0 Å². The van der Waals surface area contributed by atoms with Gasteiger partial charge in [0, 0.05) is 36.8 Å². The zero-order valence-corrected chi connectivity index (χ0v) is 30.0. The molecule has 5 nitrogen and oxygen atoms in total. The first-order valence-electron chi connectivity index (χ1n) is 20.6. The van der Waals surface area contributed by atoms with Gasteiger partial charge < -0.3 is 20.8 Å². The molecule has 0 aliphatic carbocycles. The lowest BCUT2D eigenvalue weighted by atomic mass is 9.78. The fourth-order valence-electron chi connectivity index (χ4n) is 9.70. The molecule has 4 aliphatic heterocycles. The van der Waals surface area contributed by atoms with Crippen LogP contribution in [0.1, 0.15) is 187 Å². The monoisotopic (exact) mass is 632 g/mol. The summed E-state index contributed by atoms with van der Waals surface area (Å²) < 4.78 is 0. The molecule has 0 radical (unpaired) electrons. The van der Waals surface area contributed by atoms with Gasteiger partial charge in [-0.25, -0.2) is 0 Å². The van der Waals surface area contributed by atoms with Gasteiger partial charge in [-0.2, -0.15) is 0 Å². The van der Waals surface area contributed by atoms with Crippen molar-refractivity contribution in [1.29, 1.82) is 0 Å². The number of rotatable bonds is 22. The van der Waals surface area contributed by atoms with E-state index in [1.54, 1.807) is 0 Å². The first-order valence-corrected chi connectivity index (χ1v) is 20.6. The van der Waals surface area contributed by atoms with Crippen LogP contribution in [-0.4, -0.2) is 70.6 Å². The Bertz CT molecular complexity index is 751. The lowest BCUT2D eigenvalue weighted by Crippen LogP contribution is -2.48. The van der Waals surface area contributed by atoms with Gasteiger partial charge in [-0.05, 0) is 103 Å². The molecular formula is C40H77N3O2. The summed E-state index contributed by atoms with van der Waals surface area (Å²) in [6.45, 7) is 7.05. The van der Waals surface area contributed by atoms with E-state index in [2.05, 4.69) is 29.4 Å². The highest BCUT2D eigenvalue weighted by atomic mass is 16.3. The molecule has 45 heavy (non-hydrogen) atoms. The fraction of sp³-hybridized carbons (Fsp3) is 1.00. The van der Waals surface area contributed by atoms with Crippen LogP contribution in [0.2, 0.25) is 0 Å². The molecule has 4 aliphatic rings. The van der Waals surface area contributed by atoms with Gasteiger partial charge in [-0.15, -0.1) is 0 Å². The van der Waals surface area contributed by atoms with Crippen molar-refractivity contribution in [2.24, 2.45) is 11.8 Å². The number of unbranched alkanes of at least 4 members (excludes halogenated alkanes) is 14. The van der Waals surface area contributed by atoms with E-state index < -0.39 is 0 Å². The predicted molar refractivity (Wildman–Crippen MR) is 192 cm³/mol. The summed E-state index contributed by atoms with van der Waals surface area (Å²) in [4.78, 5) is 2.91. The first kappa shape index (κ1) is 37.6. The minimum absolute atomic E-state index is 0.138. The Labute approximate surface area is 279 Å². The van der Waals surface area contributed by atoms with Gasteiger partial charge in [0.15, 0.2) is 0 Å². The number of nitrogens with one attached hydrogen (secondary N) is 2. The molecule has 0 saturated carbocycles. The molecule has 4 saturated heterocycles. The van der Waals surface area contributed by atoms with E-state index in [9.17, 15) is 10.2 Å². The lowest BCUT2D eigenvalue weighted by Gasteiger charge is -2.41. The molecule has 0 bridgehead atoms. The number of hydrogen-bond donors (Lipinski definition) is 4. The number of fused-ring (bicyclic) bond motifs is 1. The van der Waals surface area contributed by atoms with Crippen LogP contribution in [-0.2, 0) is 0 Å². The average Bonchev–Trinajstić information content (AvgIpc) is 3.51. The normalized spacial score (nSPS) is 34.3. The second-order valence-electron chi connectivity index (χ2n) is 16.5. The standard InChI is InChI=1S/C40H77N3O2/c1-32-39(44)27-25-36(41-32)22-17-13-9-5-3-7-11-15-20-34-30-35(38-24-19-29-43(38)31-34)21-16-12-8-4-6-10-14-18-23-37-26-28-40(45)33(2)42-37/h32-42,44-45H,3-31H2,1-2H3/t32-,33+,34?,35?,36+,37-,38?,39-,40-/m1/s1. The molecule has 0 aromatic heterocycles. The smallest absolute Gasteiger partial charge is 0.0691 e. The Morgan fingerprint density at radius 3 is 1.47 bits per heavy atom. The van der Waals surface area contributed by atoms with Crippen LogP contribution in [0.25, 0.3) is 0 Å². The molecule has 5 heteroatoms. The summed E-state index contributed by atoms with van der Waals surface area (Å²) in [7, 11) is 0. The second-order valence-corrected chi connectivity index (χ2v) is 16.5. The van der Waals surface area contributed by atoms with E-state index in [-0.39, 0.29) is 24.3 Å². The number of hydrogen-bond acceptors (Lipinski definition) is 5. The maximum Gasteiger partial charge on any atom is 0.0691 e. The van der Waals surface area contributed by atoms with Crippen LogP contribution in [0.3, 0.4) is 0 Å². The van der Waals surface area contributed by atoms with Crippen LogP contribution in [0, 0.1) is 11.8 Å². The molecule has 0 aromatic rings. The zero-order valence-electron chi connectivity index (χ0n) is 30.0. The highest BCUT2D eigenvalue weighted by Gasteiger charge is 2.37. The third kappa shape index (κ3) is 14.1. The summed E-state index contributed by atoms with van der Waals surface area (Å²) in [6, 6.07) is 2.76. The zero-order chi connectivity index (χ0) is 31.7. The number of aliphatic hydroxyl groups excluding tert-OH is 2. The van der Waals surface area contributed by atoms with Gasteiger partial charge in [0.05, 0.1) is 12.2 Å². The fourth-order valence-corrected chi connectivity index (χ4v) is 9.70. The molecule has 4 N–H and O–H groups in total. The SMILES string of the molecule is C[C@@H]1N[C@H](CCCCCCCCCCC2CC(CCCCCCCCCC[C@H]3CC[C@@H](O)[C@@H](C)N3)CN3CCCC23)CC[C@H]1O. The van der Waals surface area contributed by atoms with Crippen molar-refractivity contribution in [3.63, 3.8) is 0 Å². The van der Waals surface area contributed by atoms with E-state index in [0.717, 1.165) is 43.6 Å². The predicted octanol–water partition coefficient (Wildman–Crippen LogP) is 8.89. The largest absolute Gasteiger partial charge is 0.392 e. The molecule has 4 heterocycles. The molecular weight excluding hydrogens is 554 g/mol. The molecule has 4 fully saturated rings. The summed E-state index contributed by atoms with van der Waals surface area (Å²) in [5, 5.41) is 27.0. The van der Waals surface area contributed by atoms with Crippen molar-refractivity contribution < 1.29 is 10.2 Å². The van der Waals surface area contributed by atoms with E-state index in [1.165, 1.54) is 161 Å². The molecule has 9 atom stereocenters. The summed E-state index contributed by atoms with van der Waals surface area (Å²) in [6.07, 6.45) is 36.8. The molecule has 3 unspecified atom stereocenters. The van der Waals surface area contributed by atoms with E-state index in [1.807, 2.05) is 0 Å². The Kier molecular flexibility index (Phi) is 18.1. The molecule has 4 rings (SSSR count). The van der Waals surface area contributed by atoms with Gasteiger partial charge >= 0.3 is 0 Å². The van der Waals surface area contributed by atoms with Crippen molar-refractivity contribution in [3.8, 4) is 0 Å². The summed E-state index contributed by atoms with van der Waals surface area (Å²) in [5.74, 6) is 1.96. The Hall–Kier alpha value is -0.200. The minimum Gasteiger partial charge on any atom is -0.392 e. The Balaban J connectivity index is 0.944. The van der Waals surface area contributed by atoms with Crippen molar-refractivity contribution >= 4 is 0 Å². The minimum atomic E-state index is -0.138. The number of piperidine rings is 3. The number of nitrogens with zero attached hydrogens (tertiary/aromatic N) is 1. The van der Waals surface area contributed by atoms with Gasteiger partial charge in [-0.3, -0.25) is 4.90 Å². The Morgan fingerprint density at radius 1 is 0.533 bits per heavy atom. The van der Waals surface area contributed by atoms with E-state index >= 15 is 0 Å². The lowest BCUT2D eigenvalue weighted by molar-refractivity contribution is 0.0775. The molecule has 264 valence electrons. The number of aliphatic hydroxyl groups is 2. The molecule has 0 amide bonds. The van der Waals surface area contributed by atoms with Gasteiger partial charge in [0.2, 0.25) is 0 Å². The third-order valence-electron chi connectivity index (χ3n) is 12.7. The Morgan fingerprint density at radius 2 is 0.978 bits per heavy atom. The first-order chi connectivity index (χ1) is 22.0. The van der Waals surface area contributed by atoms with E-state index in [4.69, 9.17) is 0 Å². The second kappa shape index (κ2) is 21.7. The maximum atomic E-state index is 9.89. The summed E-state index contributed by atoms with van der Waals surface area (Å²) in [5.41, 5.74) is 0. The molecule has 0 spiro atoms. The van der Waals surface area contributed by atoms with Crippen molar-refractivity contribution in [2.75, 3.05) is 13.1 Å². The highest BCUT2D eigenvalue weighted by molar-refractivity contribution is 4.92.